The molecule has 1 rings (SSSR count). The smallest absolute Gasteiger partial charge is 0.00890 e. The molecule has 0 N–H and O–H groups in total. The van der Waals surface area contributed by atoms with Gasteiger partial charge in [0.05, 0.1) is 0 Å². The fraction of sp³-hybridized carbons (Fsp3) is 0.818. The van der Waals surface area contributed by atoms with E-state index in [0.717, 1.165) is 5.92 Å². The molecule has 0 nitrogen and oxygen atoms in total. The van der Waals surface area contributed by atoms with Crippen molar-refractivity contribution >= 4 is 15.9 Å². The largest absolute Gasteiger partial charge is 0.0741 e. The van der Waals surface area contributed by atoms with E-state index in [2.05, 4.69) is 28.9 Å². The molecule has 0 aromatic heterocycles. The highest BCUT2D eigenvalue weighted by atomic mass is 79.9. The Morgan fingerprint density at radius 1 is 1.50 bits per heavy atom. The third-order valence-corrected chi connectivity index (χ3v) is 3.40. The monoisotopic (exact) mass is 230 g/mol. The normalized spacial score (nSPS) is 23.8. The molecule has 0 fully saturated rings. The first-order chi connectivity index (χ1) is 5.83. The lowest BCUT2D eigenvalue weighted by Crippen LogP contribution is -2.03. The van der Waals surface area contributed by atoms with Crippen LogP contribution in [0.25, 0.3) is 0 Å². The van der Waals surface area contributed by atoms with Gasteiger partial charge in [-0.2, -0.15) is 0 Å². The van der Waals surface area contributed by atoms with Gasteiger partial charge in [0.25, 0.3) is 0 Å². The van der Waals surface area contributed by atoms with E-state index in [1.807, 2.05) is 0 Å². The highest BCUT2D eigenvalue weighted by Crippen LogP contribution is 2.29. The van der Waals surface area contributed by atoms with Gasteiger partial charge in [0.2, 0.25) is 0 Å². The van der Waals surface area contributed by atoms with Crippen LogP contribution in [-0.4, -0.2) is 0 Å². The predicted molar refractivity (Wildman–Crippen MR) is 58.5 cm³/mol. The molecule has 1 aliphatic carbocycles. The zero-order valence-corrected chi connectivity index (χ0v) is 9.57. The van der Waals surface area contributed by atoms with Gasteiger partial charge in [-0.25, -0.2) is 0 Å². The summed E-state index contributed by atoms with van der Waals surface area (Å²) in [6.45, 7) is 2.28. The molecule has 0 spiro atoms. The number of allylic oxidation sites excluding steroid dienone is 2. The van der Waals surface area contributed by atoms with Gasteiger partial charge in [0, 0.05) is 0 Å². The van der Waals surface area contributed by atoms with Crippen LogP contribution >= 0.6 is 15.9 Å². The van der Waals surface area contributed by atoms with Crippen molar-refractivity contribution in [3.8, 4) is 0 Å². The molecule has 0 saturated carbocycles. The first-order valence-electron chi connectivity index (χ1n) is 5.17. The lowest BCUT2D eigenvalue weighted by atomic mass is 9.90. The highest BCUT2D eigenvalue weighted by Gasteiger charge is 2.11. The van der Waals surface area contributed by atoms with Crippen molar-refractivity contribution in [2.45, 2.75) is 51.9 Å². The van der Waals surface area contributed by atoms with Crippen LogP contribution in [0.3, 0.4) is 0 Å². The minimum atomic E-state index is 0.984. The molecule has 0 radical (unpaired) electrons. The molecule has 0 aromatic rings. The summed E-state index contributed by atoms with van der Waals surface area (Å²) in [5.74, 6) is 0.984. The maximum Gasteiger partial charge on any atom is -0.00890 e. The fourth-order valence-corrected chi connectivity index (χ4v) is 2.22. The maximum atomic E-state index is 3.56. The zero-order chi connectivity index (χ0) is 8.81. The third kappa shape index (κ3) is 3.75. The maximum absolute atomic E-state index is 3.56. The Kier molecular flexibility index (Phi) is 4.98. The van der Waals surface area contributed by atoms with Gasteiger partial charge in [0.1, 0.15) is 0 Å². The van der Waals surface area contributed by atoms with Crippen molar-refractivity contribution in [3.05, 3.63) is 10.6 Å². The second-order valence-corrected chi connectivity index (χ2v) is 4.81. The number of halogens is 1. The summed E-state index contributed by atoms with van der Waals surface area (Å²) in [5.41, 5.74) is 0. The molecule has 0 saturated heterocycles. The zero-order valence-electron chi connectivity index (χ0n) is 7.98. The van der Waals surface area contributed by atoms with Crippen molar-refractivity contribution in [1.82, 2.24) is 0 Å². The summed E-state index contributed by atoms with van der Waals surface area (Å²) in [4.78, 5) is 0. The van der Waals surface area contributed by atoms with Crippen LogP contribution in [0, 0.1) is 5.92 Å². The van der Waals surface area contributed by atoms with Crippen LogP contribution in [0.1, 0.15) is 51.9 Å². The Labute approximate surface area is 84.6 Å². The Morgan fingerprint density at radius 3 is 2.92 bits per heavy atom. The second kappa shape index (κ2) is 5.80. The van der Waals surface area contributed by atoms with E-state index < -0.39 is 0 Å². The fourth-order valence-electron chi connectivity index (χ4n) is 1.80. The number of hydrogen-bond donors (Lipinski definition) is 0. The summed E-state index contributed by atoms with van der Waals surface area (Å²) in [7, 11) is 0. The van der Waals surface area contributed by atoms with Crippen LogP contribution in [-0.2, 0) is 0 Å². The summed E-state index contributed by atoms with van der Waals surface area (Å²) < 4.78 is 1.43. The van der Waals surface area contributed by atoms with E-state index >= 15 is 0 Å². The van der Waals surface area contributed by atoms with Crippen LogP contribution in [0.4, 0.5) is 0 Å². The molecule has 0 bridgehead atoms. The third-order valence-electron chi connectivity index (χ3n) is 2.68. The summed E-state index contributed by atoms with van der Waals surface area (Å²) in [5, 5.41) is 0. The lowest BCUT2D eigenvalue weighted by Gasteiger charge is -2.19. The molecule has 0 heterocycles. The summed E-state index contributed by atoms with van der Waals surface area (Å²) >= 11 is 3.56. The first-order valence-corrected chi connectivity index (χ1v) is 5.96. The standard InChI is InChI=1S/C11H19Br/c1-2-3-4-5-10-6-8-11(12)9-7-10/h8,10H,2-7,9H2,1H3. The lowest BCUT2D eigenvalue weighted by molar-refractivity contribution is 0.422. The molecule has 12 heavy (non-hydrogen) atoms. The Hall–Kier alpha value is 0.220. The molecule has 70 valence electrons. The molecule has 0 aliphatic heterocycles. The van der Waals surface area contributed by atoms with Crippen molar-refractivity contribution in [2.75, 3.05) is 0 Å². The van der Waals surface area contributed by atoms with Gasteiger partial charge in [-0.15, -0.1) is 0 Å². The molecule has 0 amide bonds. The van der Waals surface area contributed by atoms with Crippen LogP contribution in [0.5, 0.6) is 0 Å². The molecular weight excluding hydrogens is 212 g/mol. The number of unbranched alkanes of at least 4 members (excludes halogenated alkanes) is 2. The number of rotatable bonds is 4. The van der Waals surface area contributed by atoms with Gasteiger partial charge in [0.15, 0.2) is 0 Å². The minimum Gasteiger partial charge on any atom is -0.0741 e. The van der Waals surface area contributed by atoms with Gasteiger partial charge in [-0.1, -0.05) is 54.6 Å². The predicted octanol–water partition coefficient (Wildman–Crippen LogP) is 4.65. The van der Waals surface area contributed by atoms with E-state index in [1.54, 1.807) is 0 Å². The average molecular weight is 231 g/mol. The van der Waals surface area contributed by atoms with Gasteiger partial charge in [-0.3, -0.25) is 0 Å². The molecular formula is C11H19Br. The van der Waals surface area contributed by atoms with E-state index in [4.69, 9.17) is 0 Å². The first kappa shape index (κ1) is 10.3. The SMILES string of the molecule is CCCCCC1CC=C(Br)CC1. The van der Waals surface area contributed by atoms with Crippen molar-refractivity contribution in [3.63, 3.8) is 0 Å². The molecule has 0 aromatic carbocycles. The van der Waals surface area contributed by atoms with Gasteiger partial charge in [-0.05, 0) is 29.7 Å². The molecule has 1 aliphatic rings. The second-order valence-electron chi connectivity index (χ2n) is 3.79. The van der Waals surface area contributed by atoms with Gasteiger partial charge >= 0.3 is 0 Å². The quantitative estimate of drug-likeness (QED) is 0.618. The molecule has 1 atom stereocenters. The van der Waals surface area contributed by atoms with E-state index in [1.165, 1.54) is 49.4 Å². The topological polar surface area (TPSA) is 0 Å². The summed E-state index contributed by atoms with van der Waals surface area (Å²) in [6, 6.07) is 0. The average Bonchev–Trinajstić information content (AvgIpc) is 2.09. The van der Waals surface area contributed by atoms with Crippen LogP contribution in [0.2, 0.25) is 0 Å². The van der Waals surface area contributed by atoms with Crippen LogP contribution in [0.15, 0.2) is 10.6 Å². The van der Waals surface area contributed by atoms with Crippen molar-refractivity contribution < 1.29 is 0 Å². The van der Waals surface area contributed by atoms with Crippen LogP contribution < -0.4 is 0 Å². The Bertz CT molecular complexity index is 149. The van der Waals surface area contributed by atoms with Gasteiger partial charge < -0.3 is 0 Å². The molecule has 1 heteroatoms. The van der Waals surface area contributed by atoms with E-state index in [9.17, 15) is 0 Å². The Morgan fingerprint density at radius 2 is 2.33 bits per heavy atom. The molecule has 1 unspecified atom stereocenters. The van der Waals surface area contributed by atoms with Crippen molar-refractivity contribution in [1.29, 1.82) is 0 Å². The Balaban J connectivity index is 2.10. The minimum absolute atomic E-state index is 0.984. The van der Waals surface area contributed by atoms with E-state index in [-0.39, 0.29) is 0 Å². The van der Waals surface area contributed by atoms with E-state index in [0.29, 0.717) is 0 Å². The summed E-state index contributed by atoms with van der Waals surface area (Å²) in [6.07, 6.45) is 12.0. The number of hydrogen-bond acceptors (Lipinski definition) is 0. The van der Waals surface area contributed by atoms with Crippen molar-refractivity contribution in [2.24, 2.45) is 5.92 Å². The highest BCUT2D eigenvalue weighted by molar-refractivity contribution is 9.11.